The fourth-order valence-corrected chi connectivity index (χ4v) is 1.79. The van der Waals surface area contributed by atoms with E-state index in [0.29, 0.717) is 16.8 Å². The van der Waals surface area contributed by atoms with Gasteiger partial charge in [-0.25, -0.2) is 4.39 Å². The maximum Gasteiger partial charge on any atom is 0.156 e. The van der Waals surface area contributed by atoms with Crippen molar-refractivity contribution in [1.82, 2.24) is 0 Å². The van der Waals surface area contributed by atoms with Crippen LogP contribution in [0.15, 0.2) is 16.6 Å². The van der Waals surface area contributed by atoms with Crippen LogP contribution in [0.25, 0.3) is 0 Å². The molecule has 2 N–H and O–H groups in total. The quantitative estimate of drug-likeness (QED) is 0.849. The van der Waals surface area contributed by atoms with Gasteiger partial charge in [-0.2, -0.15) is 0 Å². The van der Waals surface area contributed by atoms with Crippen LogP contribution in [0.1, 0.15) is 13.3 Å². The summed E-state index contributed by atoms with van der Waals surface area (Å²) in [5.74, 6) is 0.0891. The van der Waals surface area contributed by atoms with Gasteiger partial charge in [0.25, 0.3) is 0 Å². The molecule has 0 aliphatic heterocycles. The highest BCUT2D eigenvalue weighted by molar-refractivity contribution is 9.10. The summed E-state index contributed by atoms with van der Waals surface area (Å²) in [6.45, 7) is 2.52. The zero-order valence-corrected chi connectivity index (χ0v) is 10.9. The van der Waals surface area contributed by atoms with E-state index in [4.69, 9.17) is 15.2 Å². The number of anilines is 1. The minimum Gasteiger partial charge on any atom is -0.487 e. The minimum atomic E-state index is -0.388. The zero-order chi connectivity index (χ0) is 12.1. The summed E-state index contributed by atoms with van der Waals surface area (Å²) in [5, 5.41) is 0. The molecule has 90 valence electrons. The monoisotopic (exact) mass is 291 g/mol. The van der Waals surface area contributed by atoms with Crippen molar-refractivity contribution < 1.29 is 13.9 Å². The van der Waals surface area contributed by atoms with Gasteiger partial charge in [-0.3, -0.25) is 0 Å². The van der Waals surface area contributed by atoms with E-state index in [1.807, 2.05) is 6.92 Å². The highest BCUT2D eigenvalue weighted by atomic mass is 79.9. The van der Waals surface area contributed by atoms with Gasteiger partial charge in [0, 0.05) is 26.2 Å². The Bertz CT molecular complexity index is 337. The van der Waals surface area contributed by atoms with E-state index < -0.39 is 0 Å². The van der Waals surface area contributed by atoms with E-state index in [0.717, 1.165) is 6.42 Å². The standard InChI is InChI=1S/C11H15BrFNO2/c1-7(3-4-15-2)16-11-9(12)5-8(13)6-10(11)14/h5-7H,3-4,14H2,1-2H3. The SMILES string of the molecule is COCCC(C)Oc1c(N)cc(F)cc1Br. The number of methoxy groups -OCH3 is 1. The smallest absolute Gasteiger partial charge is 0.156 e. The second-order valence-corrected chi connectivity index (χ2v) is 4.37. The van der Waals surface area contributed by atoms with Crippen LogP contribution in [0, 0.1) is 5.82 Å². The van der Waals surface area contributed by atoms with Gasteiger partial charge in [-0.05, 0) is 28.9 Å². The Morgan fingerprint density at radius 1 is 1.50 bits per heavy atom. The van der Waals surface area contributed by atoms with E-state index in [9.17, 15) is 4.39 Å². The van der Waals surface area contributed by atoms with Crippen molar-refractivity contribution in [1.29, 1.82) is 0 Å². The van der Waals surface area contributed by atoms with Crippen molar-refractivity contribution in [2.45, 2.75) is 19.4 Å². The van der Waals surface area contributed by atoms with Crippen LogP contribution in [-0.4, -0.2) is 19.8 Å². The van der Waals surface area contributed by atoms with Crippen LogP contribution in [0.2, 0.25) is 0 Å². The molecule has 0 bridgehead atoms. The van der Waals surface area contributed by atoms with Crippen molar-refractivity contribution in [2.75, 3.05) is 19.5 Å². The molecule has 0 aliphatic carbocycles. The number of halogens is 2. The van der Waals surface area contributed by atoms with Gasteiger partial charge in [0.1, 0.15) is 5.82 Å². The number of benzene rings is 1. The van der Waals surface area contributed by atoms with E-state index in [1.165, 1.54) is 12.1 Å². The van der Waals surface area contributed by atoms with Crippen molar-refractivity contribution in [3.63, 3.8) is 0 Å². The molecular formula is C11H15BrFNO2. The third-order valence-corrected chi connectivity index (χ3v) is 2.67. The first-order valence-electron chi connectivity index (χ1n) is 4.94. The molecule has 5 heteroatoms. The normalized spacial score (nSPS) is 12.5. The van der Waals surface area contributed by atoms with Crippen LogP contribution in [0.5, 0.6) is 5.75 Å². The average molecular weight is 292 g/mol. The number of nitrogens with two attached hydrogens (primary N) is 1. The Labute approximate surface area is 103 Å². The molecule has 16 heavy (non-hydrogen) atoms. The Kier molecular flexibility index (Phi) is 5.02. The lowest BCUT2D eigenvalue weighted by Gasteiger charge is -2.17. The number of hydrogen-bond donors (Lipinski definition) is 1. The Balaban J connectivity index is 2.73. The van der Waals surface area contributed by atoms with Gasteiger partial charge in [-0.1, -0.05) is 0 Å². The second-order valence-electron chi connectivity index (χ2n) is 3.52. The molecule has 0 heterocycles. The molecule has 0 fully saturated rings. The highest BCUT2D eigenvalue weighted by Gasteiger charge is 2.12. The maximum absolute atomic E-state index is 13.0. The van der Waals surface area contributed by atoms with Gasteiger partial charge in [0.05, 0.1) is 16.3 Å². The molecule has 0 radical (unpaired) electrons. The fourth-order valence-electron chi connectivity index (χ4n) is 1.25. The van der Waals surface area contributed by atoms with Gasteiger partial charge < -0.3 is 15.2 Å². The van der Waals surface area contributed by atoms with Crippen molar-refractivity contribution >= 4 is 21.6 Å². The molecule has 1 aromatic carbocycles. The molecule has 1 aromatic rings. The van der Waals surface area contributed by atoms with Crippen LogP contribution < -0.4 is 10.5 Å². The van der Waals surface area contributed by atoms with Gasteiger partial charge in [0.2, 0.25) is 0 Å². The van der Waals surface area contributed by atoms with Crippen LogP contribution >= 0.6 is 15.9 Å². The zero-order valence-electron chi connectivity index (χ0n) is 9.30. The molecule has 0 spiro atoms. The molecule has 1 atom stereocenters. The molecule has 0 aromatic heterocycles. The first-order chi connectivity index (χ1) is 7.54. The first kappa shape index (κ1) is 13.3. The lowest BCUT2D eigenvalue weighted by molar-refractivity contribution is 0.135. The van der Waals surface area contributed by atoms with Gasteiger partial charge in [-0.15, -0.1) is 0 Å². The number of hydrogen-bond acceptors (Lipinski definition) is 3. The molecule has 0 saturated carbocycles. The van der Waals surface area contributed by atoms with E-state index in [1.54, 1.807) is 7.11 Å². The number of nitrogen functional groups attached to an aromatic ring is 1. The van der Waals surface area contributed by atoms with Crippen LogP contribution in [0.3, 0.4) is 0 Å². The lowest BCUT2D eigenvalue weighted by atomic mass is 10.2. The van der Waals surface area contributed by atoms with Crippen LogP contribution in [0.4, 0.5) is 10.1 Å². The molecule has 0 aliphatic rings. The summed E-state index contributed by atoms with van der Waals surface area (Å²) in [7, 11) is 1.63. The Morgan fingerprint density at radius 3 is 2.75 bits per heavy atom. The third-order valence-electron chi connectivity index (χ3n) is 2.08. The van der Waals surface area contributed by atoms with Crippen molar-refractivity contribution in [3.8, 4) is 5.75 Å². The van der Waals surface area contributed by atoms with E-state index in [2.05, 4.69) is 15.9 Å². The van der Waals surface area contributed by atoms with Crippen molar-refractivity contribution in [2.24, 2.45) is 0 Å². The summed E-state index contributed by atoms with van der Waals surface area (Å²) in [6.07, 6.45) is 0.712. The number of rotatable bonds is 5. The predicted molar refractivity (Wildman–Crippen MR) is 65.1 cm³/mol. The number of ether oxygens (including phenoxy) is 2. The summed E-state index contributed by atoms with van der Waals surface area (Å²) in [4.78, 5) is 0. The predicted octanol–water partition coefficient (Wildman–Crippen LogP) is 2.97. The Morgan fingerprint density at radius 2 is 2.19 bits per heavy atom. The van der Waals surface area contributed by atoms with Gasteiger partial charge >= 0.3 is 0 Å². The molecule has 0 amide bonds. The summed E-state index contributed by atoms with van der Waals surface area (Å²) in [6, 6.07) is 2.57. The molecule has 0 saturated heterocycles. The lowest BCUT2D eigenvalue weighted by Crippen LogP contribution is -2.15. The molecule has 1 rings (SSSR count). The molecule has 1 unspecified atom stereocenters. The van der Waals surface area contributed by atoms with Gasteiger partial charge in [0.15, 0.2) is 5.75 Å². The minimum absolute atomic E-state index is 0.0380. The fraction of sp³-hybridized carbons (Fsp3) is 0.455. The molecule has 3 nitrogen and oxygen atoms in total. The van der Waals surface area contributed by atoms with Crippen LogP contribution in [-0.2, 0) is 4.74 Å². The summed E-state index contributed by atoms with van der Waals surface area (Å²) in [5.41, 5.74) is 5.96. The maximum atomic E-state index is 13.0. The molecular weight excluding hydrogens is 277 g/mol. The topological polar surface area (TPSA) is 44.5 Å². The largest absolute Gasteiger partial charge is 0.487 e. The van der Waals surface area contributed by atoms with E-state index >= 15 is 0 Å². The van der Waals surface area contributed by atoms with Crippen molar-refractivity contribution in [3.05, 3.63) is 22.4 Å². The average Bonchev–Trinajstić information content (AvgIpc) is 2.20. The highest BCUT2D eigenvalue weighted by Crippen LogP contribution is 2.33. The summed E-state index contributed by atoms with van der Waals surface area (Å²) < 4.78 is 24.0. The Hall–Kier alpha value is -0.810. The third kappa shape index (κ3) is 3.64. The summed E-state index contributed by atoms with van der Waals surface area (Å²) >= 11 is 3.22. The first-order valence-corrected chi connectivity index (χ1v) is 5.74. The van der Waals surface area contributed by atoms with E-state index in [-0.39, 0.29) is 17.6 Å². The second kappa shape index (κ2) is 6.06.